The molecule has 0 bridgehead atoms. The summed E-state index contributed by atoms with van der Waals surface area (Å²) >= 11 is 1.05. The fourth-order valence-electron chi connectivity index (χ4n) is 2.74. The molecule has 0 radical (unpaired) electrons. The third-order valence-corrected chi connectivity index (χ3v) is 5.59. The van der Waals surface area contributed by atoms with E-state index >= 15 is 0 Å². The molecular weight excluding hydrogens is 405 g/mol. The number of nitrogens with zero attached hydrogens (tertiary/aromatic N) is 3. The first-order valence-corrected chi connectivity index (χ1v) is 9.31. The van der Waals surface area contributed by atoms with Crippen LogP contribution in [0.1, 0.15) is 32.2 Å². The van der Waals surface area contributed by atoms with Crippen molar-refractivity contribution in [3.05, 3.63) is 62.0 Å². The second-order valence-corrected chi connectivity index (χ2v) is 7.48. The number of carbonyl (C=O) groups excluding carboxylic acids is 1. The van der Waals surface area contributed by atoms with Gasteiger partial charge in [-0.05, 0) is 50.6 Å². The maximum atomic E-state index is 12.7. The van der Waals surface area contributed by atoms with Gasteiger partial charge in [0, 0.05) is 12.7 Å². The molecule has 0 spiro atoms. The highest BCUT2D eigenvalue weighted by molar-refractivity contribution is 7.17. The molecule has 1 N–H and O–H groups in total. The minimum Gasteiger partial charge on any atom is -0.321 e. The topological polar surface area (TPSA) is 76.9 Å². The monoisotopic (exact) mass is 422 g/mol. The number of amides is 1. The lowest BCUT2D eigenvalue weighted by molar-refractivity contribution is -0.137. The Bertz CT molecular complexity index is 1150. The molecule has 1 amide bonds. The number of aromatic nitrogens is 3. The maximum absolute atomic E-state index is 12.7. The van der Waals surface area contributed by atoms with Crippen LogP contribution < -0.4 is 10.9 Å². The van der Waals surface area contributed by atoms with Crippen LogP contribution in [0, 0.1) is 20.8 Å². The van der Waals surface area contributed by atoms with Crippen LogP contribution in [0.3, 0.4) is 0 Å². The highest BCUT2D eigenvalue weighted by Crippen LogP contribution is 2.31. The van der Waals surface area contributed by atoms with Gasteiger partial charge in [0.1, 0.15) is 9.88 Å². The summed E-state index contributed by atoms with van der Waals surface area (Å²) in [5, 5.41) is 7.08. The summed E-state index contributed by atoms with van der Waals surface area (Å²) in [7, 11) is 1.54. The van der Waals surface area contributed by atoms with Gasteiger partial charge in [0.2, 0.25) is 0 Å². The molecule has 0 fully saturated rings. The predicted molar refractivity (Wildman–Crippen MR) is 104 cm³/mol. The van der Waals surface area contributed by atoms with Crippen LogP contribution in [0.4, 0.5) is 18.9 Å². The number of aryl methyl sites for hydroxylation is 3. The van der Waals surface area contributed by atoms with Crippen LogP contribution in [0.15, 0.2) is 29.1 Å². The van der Waals surface area contributed by atoms with Crippen LogP contribution >= 0.6 is 11.3 Å². The Morgan fingerprint density at radius 2 is 1.72 bits per heavy atom. The number of nitrogens with one attached hydrogen (secondary N) is 1. The lowest BCUT2D eigenvalue weighted by atomic mass is 10.1. The standard InChI is InChI=1S/C19H17F3N4O2S/c1-9-10(2)25-26(4)18(28)14(9)17-23-11(3)15(29-17)16(27)24-13-7-5-12(6-8-13)19(20,21)22/h5-8H,1-4H3,(H,24,27). The van der Waals surface area contributed by atoms with Crippen molar-refractivity contribution in [1.82, 2.24) is 14.8 Å². The molecule has 0 aliphatic rings. The normalized spacial score (nSPS) is 11.6. The lowest BCUT2D eigenvalue weighted by Gasteiger charge is -2.08. The van der Waals surface area contributed by atoms with Gasteiger partial charge >= 0.3 is 6.18 Å². The number of rotatable bonds is 3. The number of benzene rings is 1. The van der Waals surface area contributed by atoms with Crippen molar-refractivity contribution in [3.8, 4) is 10.6 Å². The van der Waals surface area contributed by atoms with Crippen molar-refractivity contribution in [2.24, 2.45) is 7.05 Å². The number of carbonyl (C=O) groups is 1. The number of thiazole rings is 1. The first-order valence-electron chi connectivity index (χ1n) is 8.50. The minimum absolute atomic E-state index is 0.226. The van der Waals surface area contributed by atoms with E-state index < -0.39 is 17.6 Å². The minimum atomic E-state index is -4.45. The molecule has 0 saturated carbocycles. The molecule has 1 aromatic carbocycles. The van der Waals surface area contributed by atoms with Gasteiger partial charge in [0.25, 0.3) is 11.5 Å². The third-order valence-electron chi connectivity index (χ3n) is 4.41. The highest BCUT2D eigenvalue weighted by Gasteiger charge is 2.30. The number of hydrogen-bond acceptors (Lipinski definition) is 5. The maximum Gasteiger partial charge on any atom is 0.416 e. The molecule has 0 aliphatic carbocycles. The zero-order valence-electron chi connectivity index (χ0n) is 16.0. The Morgan fingerprint density at radius 3 is 2.31 bits per heavy atom. The molecule has 6 nitrogen and oxygen atoms in total. The molecule has 10 heteroatoms. The van der Waals surface area contributed by atoms with Gasteiger partial charge in [-0.25, -0.2) is 9.67 Å². The molecule has 152 valence electrons. The van der Waals surface area contributed by atoms with Crippen molar-refractivity contribution < 1.29 is 18.0 Å². The van der Waals surface area contributed by atoms with E-state index in [0.717, 1.165) is 23.5 Å². The molecule has 29 heavy (non-hydrogen) atoms. The van der Waals surface area contributed by atoms with Crippen LogP contribution in [0.2, 0.25) is 0 Å². The summed E-state index contributed by atoms with van der Waals surface area (Å²) in [6.45, 7) is 5.17. The van der Waals surface area contributed by atoms with Crippen molar-refractivity contribution in [3.63, 3.8) is 0 Å². The Kier molecular flexibility index (Phi) is 5.31. The van der Waals surface area contributed by atoms with E-state index in [0.29, 0.717) is 27.5 Å². The molecule has 2 aromatic heterocycles. The van der Waals surface area contributed by atoms with E-state index in [1.807, 2.05) is 0 Å². The van der Waals surface area contributed by atoms with Crippen LogP contribution in [-0.4, -0.2) is 20.7 Å². The van der Waals surface area contributed by atoms with Crippen molar-refractivity contribution in [1.29, 1.82) is 0 Å². The first kappa shape index (κ1) is 20.7. The average molecular weight is 422 g/mol. The third kappa shape index (κ3) is 4.07. The Morgan fingerprint density at radius 1 is 1.10 bits per heavy atom. The van der Waals surface area contributed by atoms with Crippen LogP contribution in [0.5, 0.6) is 0 Å². The van der Waals surface area contributed by atoms with Crippen LogP contribution in [0.25, 0.3) is 10.6 Å². The molecule has 0 aliphatic heterocycles. The summed E-state index contributed by atoms with van der Waals surface area (Å²) in [5.74, 6) is -0.508. The van der Waals surface area contributed by atoms with E-state index in [1.165, 1.54) is 23.9 Å². The number of hydrogen-bond donors (Lipinski definition) is 1. The van der Waals surface area contributed by atoms with E-state index in [1.54, 1.807) is 20.8 Å². The number of alkyl halides is 3. The van der Waals surface area contributed by atoms with Gasteiger partial charge in [0.15, 0.2) is 0 Å². The lowest BCUT2D eigenvalue weighted by Crippen LogP contribution is -2.23. The molecule has 3 rings (SSSR count). The van der Waals surface area contributed by atoms with Gasteiger partial charge in [0.05, 0.1) is 22.5 Å². The largest absolute Gasteiger partial charge is 0.416 e. The van der Waals surface area contributed by atoms with Gasteiger partial charge in [-0.1, -0.05) is 0 Å². The summed E-state index contributed by atoms with van der Waals surface area (Å²) in [5.41, 5.74) is 1.25. The molecule has 3 aromatic rings. The molecular formula is C19H17F3N4O2S. The van der Waals surface area contributed by atoms with Gasteiger partial charge in [-0.2, -0.15) is 18.3 Å². The zero-order chi connectivity index (χ0) is 21.5. The first-order chi connectivity index (χ1) is 13.5. The summed E-state index contributed by atoms with van der Waals surface area (Å²) in [6, 6.07) is 4.16. The Hall–Kier alpha value is -3.01. The molecule has 0 unspecified atom stereocenters. The van der Waals surface area contributed by atoms with E-state index in [4.69, 9.17) is 0 Å². The van der Waals surface area contributed by atoms with Gasteiger partial charge in [-0.15, -0.1) is 11.3 Å². The Balaban J connectivity index is 1.92. The molecule has 2 heterocycles. The van der Waals surface area contributed by atoms with E-state index in [9.17, 15) is 22.8 Å². The fraction of sp³-hybridized carbons (Fsp3) is 0.263. The zero-order valence-corrected chi connectivity index (χ0v) is 16.8. The number of halogens is 3. The SMILES string of the molecule is Cc1nc(-c2c(C)c(C)nn(C)c2=O)sc1C(=O)Nc1ccc(C(F)(F)F)cc1. The highest BCUT2D eigenvalue weighted by atomic mass is 32.1. The van der Waals surface area contributed by atoms with Crippen molar-refractivity contribution in [2.45, 2.75) is 26.9 Å². The van der Waals surface area contributed by atoms with Gasteiger partial charge in [-0.3, -0.25) is 9.59 Å². The second-order valence-electron chi connectivity index (χ2n) is 6.48. The quantitative estimate of drug-likeness (QED) is 0.690. The van der Waals surface area contributed by atoms with Crippen LogP contribution in [-0.2, 0) is 13.2 Å². The van der Waals surface area contributed by atoms with E-state index in [2.05, 4.69) is 15.4 Å². The summed E-state index contributed by atoms with van der Waals surface area (Å²) in [6.07, 6.45) is -4.45. The van der Waals surface area contributed by atoms with E-state index in [-0.39, 0.29) is 16.1 Å². The average Bonchev–Trinajstić information content (AvgIpc) is 3.01. The fourth-order valence-corrected chi connectivity index (χ4v) is 3.80. The predicted octanol–water partition coefficient (Wildman–Crippen LogP) is 4.10. The molecule has 0 atom stereocenters. The van der Waals surface area contributed by atoms with Crippen molar-refractivity contribution in [2.75, 3.05) is 5.32 Å². The second kappa shape index (κ2) is 7.43. The van der Waals surface area contributed by atoms with Gasteiger partial charge < -0.3 is 5.32 Å². The smallest absolute Gasteiger partial charge is 0.321 e. The molecule has 0 saturated heterocycles. The summed E-state index contributed by atoms with van der Waals surface area (Å²) in [4.78, 5) is 29.8. The summed E-state index contributed by atoms with van der Waals surface area (Å²) < 4.78 is 39.2. The number of anilines is 1. The Labute approximate surface area is 168 Å². The van der Waals surface area contributed by atoms with Crippen molar-refractivity contribution >= 4 is 22.9 Å².